The molecule has 0 aromatic rings. The van der Waals surface area contributed by atoms with E-state index in [0.29, 0.717) is 0 Å². The molecule has 0 saturated carbocycles. The molecule has 1 heterocycles. The van der Waals surface area contributed by atoms with E-state index in [1.165, 1.54) is 0 Å². The molecule has 5 heteroatoms. The predicted molar refractivity (Wildman–Crippen MR) is 67.9 cm³/mol. The average molecular weight is 243 g/mol. The second-order valence-corrected chi connectivity index (χ2v) is 4.51. The molecule has 3 N–H and O–H groups in total. The van der Waals surface area contributed by atoms with Crippen molar-refractivity contribution in [2.24, 2.45) is 0 Å². The van der Waals surface area contributed by atoms with Crippen LogP contribution in [0.15, 0.2) is 0 Å². The molecular formula is C12H25N3O2. The first kappa shape index (κ1) is 14.4. The van der Waals surface area contributed by atoms with Gasteiger partial charge in [-0.05, 0) is 19.4 Å². The lowest BCUT2D eigenvalue weighted by Crippen LogP contribution is -2.57. The molecule has 1 unspecified atom stereocenters. The summed E-state index contributed by atoms with van der Waals surface area (Å²) >= 11 is 0. The third-order valence-electron chi connectivity index (χ3n) is 3.26. The zero-order chi connectivity index (χ0) is 12.5. The van der Waals surface area contributed by atoms with Crippen molar-refractivity contribution in [3.63, 3.8) is 0 Å². The van der Waals surface area contributed by atoms with Crippen molar-refractivity contribution in [1.29, 1.82) is 0 Å². The zero-order valence-corrected chi connectivity index (χ0v) is 10.7. The fraction of sp³-hybridized carbons (Fsp3) is 0.917. The maximum Gasteiger partial charge on any atom is 0.238 e. The molecule has 100 valence electrons. The van der Waals surface area contributed by atoms with Gasteiger partial charge in [0.15, 0.2) is 0 Å². The number of likely N-dealkylation sites (N-methyl/N-ethyl adjacent to an activating group) is 1. The van der Waals surface area contributed by atoms with Crippen molar-refractivity contribution in [2.45, 2.75) is 31.7 Å². The fourth-order valence-electron chi connectivity index (χ4n) is 2.22. The molecule has 0 spiro atoms. The van der Waals surface area contributed by atoms with Gasteiger partial charge in [-0.25, -0.2) is 0 Å². The summed E-state index contributed by atoms with van der Waals surface area (Å²) in [4.78, 5) is 13.9. The Morgan fingerprint density at radius 3 is 2.88 bits per heavy atom. The van der Waals surface area contributed by atoms with Gasteiger partial charge in [0.1, 0.15) is 6.04 Å². The minimum Gasteiger partial charge on any atom is -0.396 e. The normalized spacial score (nSPS) is 21.4. The standard InChI is InChI=1S/C12H25N3O2/c1-13-12(17)11-10-14-6-8-15(11)7-4-2-3-5-9-16/h11,14,16H,2-10H2,1H3,(H,13,17). The van der Waals surface area contributed by atoms with Crippen molar-refractivity contribution < 1.29 is 9.90 Å². The van der Waals surface area contributed by atoms with Crippen molar-refractivity contribution in [2.75, 3.05) is 39.8 Å². The van der Waals surface area contributed by atoms with Gasteiger partial charge in [0.05, 0.1) is 0 Å². The lowest BCUT2D eigenvalue weighted by Gasteiger charge is -2.34. The first-order valence-corrected chi connectivity index (χ1v) is 6.57. The third kappa shape index (κ3) is 5.02. The Kier molecular flexibility index (Phi) is 7.16. The van der Waals surface area contributed by atoms with Gasteiger partial charge >= 0.3 is 0 Å². The number of aliphatic hydroxyl groups excluding tert-OH is 1. The van der Waals surface area contributed by atoms with Crippen LogP contribution in [0.3, 0.4) is 0 Å². The number of unbranched alkanes of at least 4 members (excludes halogenated alkanes) is 3. The molecule has 17 heavy (non-hydrogen) atoms. The number of amides is 1. The van der Waals surface area contributed by atoms with Gasteiger partial charge in [0, 0.05) is 33.3 Å². The topological polar surface area (TPSA) is 64.6 Å². The minimum absolute atomic E-state index is 0.0217. The molecule has 1 aliphatic rings. The molecule has 0 radical (unpaired) electrons. The smallest absolute Gasteiger partial charge is 0.238 e. The molecule has 1 aliphatic heterocycles. The Labute approximate surface area is 104 Å². The van der Waals surface area contributed by atoms with Crippen molar-refractivity contribution in [3.8, 4) is 0 Å². The number of piperazine rings is 1. The third-order valence-corrected chi connectivity index (χ3v) is 3.26. The molecule has 0 aromatic heterocycles. The van der Waals surface area contributed by atoms with Crippen LogP contribution >= 0.6 is 0 Å². The first-order valence-electron chi connectivity index (χ1n) is 6.57. The summed E-state index contributed by atoms with van der Waals surface area (Å²) in [6.07, 6.45) is 4.20. The van der Waals surface area contributed by atoms with Crippen LogP contribution in [0.25, 0.3) is 0 Å². The van der Waals surface area contributed by atoms with Crippen molar-refractivity contribution >= 4 is 5.91 Å². The van der Waals surface area contributed by atoms with E-state index in [-0.39, 0.29) is 18.6 Å². The Morgan fingerprint density at radius 2 is 2.18 bits per heavy atom. The number of nitrogens with one attached hydrogen (secondary N) is 2. The van der Waals surface area contributed by atoms with E-state index < -0.39 is 0 Å². The van der Waals surface area contributed by atoms with E-state index in [9.17, 15) is 4.79 Å². The lowest BCUT2D eigenvalue weighted by molar-refractivity contribution is -0.126. The van der Waals surface area contributed by atoms with E-state index in [1.54, 1.807) is 7.05 Å². The highest BCUT2D eigenvalue weighted by Crippen LogP contribution is 2.07. The van der Waals surface area contributed by atoms with Crippen molar-refractivity contribution in [1.82, 2.24) is 15.5 Å². The second kappa shape index (κ2) is 8.44. The van der Waals surface area contributed by atoms with Crippen LogP contribution in [0.2, 0.25) is 0 Å². The van der Waals surface area contributed by atoms with Crippen LogP contribution < -0.4 is 10.6 Å². The van der Waals surface area contributed by atoms with Gasteiger partial charge in [0.2, 0.25) is 5.91 Å². The van der Waals surface area contributed by atoms with Crippen molar-refractivity contribution in [3.05, 3.63) is 0 Å². The maximum absolute atomic E-state index is 11.7. The fourth-order valence-corrected chi connectivity index (χ4v) is 2.22. The number of carbonyl (C=O) groups excluding carboxylic acids is 1. The van der Waals surface area contributed by atoms with Crippen LogP contribution in [0.4, 0.5) is 0 Å². The number of hydrogen-bond acceptors (Lipinski definition) is 4. The molecule has 0 aromatic carbocycles. The molecule has 1 fully saturated rings. The SMILES string of the molecule is CNC(=O)C1CNCCN1CCCCCCO. The Hall–Kier alpha value is -0.650. The number of aliphatic hydroxyl groups is 1. The van der Waals surface area contributed by atoms with Crippen LogP contribution in [-0.2, 0) is 4.79 Å². The molecule has 0 aliphatic carbocycles. The van der Waals surface area contributed by atoms with Crippen LogP contribution in [0, 0.1) is 0 Å². The average Bonchev–Trinajstić information content (AvgIpc) is 2.38. The zero-order valence-electron chi connectivity index (χ0n) is 10.7. The predicted octanol–water partition coefficient (Wildman–Crippen LogP) is -0.441. The number of nitrogens with zero attached hydrogens (tertiary/aromatic N) is 1. The highest BCUT2D eigenvalue weighted by atomic mass is 16.2. The van der Waals surface area contributed by atoms with Crippen LogP contribution in [-0.4, -0.2) is 61.8 Å². The molecule has 1 amide bonds. The number of hydrogen-bond donors (Lipinski definition) is 3. The van der Waals surface area contributed by atoms with Gasteiger partial charge in [-0.3, -0.25) is 9.69 Å². The lowest BCUT2D eigenvalue weighted by atomic mass is 10.1. The molecule has 5 nitrogen and oxygen atoms in total. The second-order valence-electron chi connectivity index (χ2n) is 4.51. The molecular weight excluding hydrogens is 218 g/mol. The van der Waals surface area contributed by atoms with E-state index >= 15 is 0 Å². The highest BCUT2D eigenvalue weighted by Gasteiger charge is 2.26. The monoisotopic (exact) mass is 243 g/mol. The summed E-state index contributed by atoms with van der Waals surface area (Å²) in [6.45, 7) is 3.91. The summed E-state index contributed by atoms with van der Waals surface area (Å²) in [6, 6.07) is -0.0217. The summed E-state index contributed by atoms with van der Waals surface area (Å²) in [7, 11) is 1.69. The van der Waals surface area contributed by atoms with E-state index in [1.807, 2.05) is 0 Å². The van der Waals surface area contributed by atoms with Gasteiger partial charge in [0.25, 0.3) is 0 Å². The quantitative estimate of drug-likeness (QED) is 0.530. The summed E-state index contributed by atoms with van der Waals surface area (Å²) in [5, 5.41) is 14.7. The Bertz CT molecular complexity index is 224. The minimum atomic E-state index is -0.0217. The molecule has 1 saturated heterocycles. The highest BCUT2D eigenvalue weighted by molar-refractivity contribution is 5.81. The van der Waals surface area contributed by atoms with Gasteiger partial charge in [-0.15, -0.1) is 0 Å². The molecule has 1 atom stereocenters. The van der Waals surface area contributed by atoms with E-state index in [0.717, 1.165) is 51.9 Å². The largest absolute Gasteiger partial charge is 0.396 e. The van der Waals surface area contributed by atoms with Gasteiger partial charge in [-0.2, -0.15) is 0 Å². The van der Waals surface area contributed by atoms with E-state index in [4.69, 9.17) is 5.11 Å². The first-order chi connectivity index (χ1) is 8.29. The summed E-state index contributed by atoms with van der Waals surface area (Å²) < 4.78 is 0. The maximum atomic E-state index is 11.7. The van der Waals surface area contributed by atoms with Gasteiger partial charge in [-0.1, -0.05) is 12.8 Å². The Balaban J connectivity index is 2.25. The summed E-state index contributed by atoms with van der Waals surface area (Å²) in [5.41, 5.74) is 0. The molecule has 1 rings (SSSR count). The van der Waals surface area contributed by atoms with Crippen LogP contribution in [0.5, 0.6) is 0 Å². The van der Waals surface area contributed by atoms with Gasteiger partial charge < -0.3 is 15.7 Å². The molecule has 0 bridgehead atoms. The number of carbonyl (C=O) groups is 1. The van der Waals surface area contributed by atoms with Crippen LogP contribution in [0.1, 0.15) is 25.7 Å². The summed E-state index contributed by atoms with van der Waals surface area (Å²) in [5.74, 6) is 0.104. The number of rotatable bonds is 7. The van der Waals surface area contributed by atoms with E-state index in [2.05, 4.69) is 15.5 Å². The Morgan fingerprint density at radius 1 is 1.41 bits per heavy atom.